The number of hydrogen-bond acceptors (Lipinski definition) is 4. The van der Waals surface area contributed by atoms with E-state index in [2.05, 4.69) is 4.98 Å². The van der Waals surface area contributed by atoms with Crippen molar-refractivity contribution in [3.63, 3.8) is 0 Å². The summed E-state index contributed by atoms with van der Waals surface area (Å²) < 4.78 is 0. The number of H-pyrrole nitrogens is 1. The summed E-state index contributed by atoms with van der Waals surface area (Å²) >= 11 is 6.12. The first-order valence-electron chi connectivity index (χ1n) is 10.1. The standard InChI is InChI=1S/C25H23ClN4O2/c1-14(24(28)31)22(27)15-7-10-18(11-8-15)29-23(16-5-3-2-4-6-16)21-19-12-9-17(26)13-20(19)30-25(21)32/h2-14,22,30,32H,27H2,1H3,(H2,28,31). The third-order valence-corrected chi connectivity index (χ3v) is 5.77. The van der Waals surface area contributed by atoms with Crippen molar-refractivity contribution in [2.75, 3.05) is 0 Å². The summed E-state index contributed by atoms with van der Waals surface area (Å²) in [6, 6.07) is 21.9. The molecule has 3 aromatic carbocycles. The number of aromatic amines is 1. The highest BCUT2D eigenvalue weighted by Gasteiger charge is 2.21. The second-order valence-corrected chi connectivity index (χ2v) is 8.11. The van der Waals surface area contributed by atoms with E-state index in [0.717, 1.165) is 22.0 Å². The normalized spacial score (nSPS) is 13.8. The molecule has 32 heavy (non-hydrogen) atoms. The fourth-order valence-corrected chi connectivity index (χ4v) is 3.79. The van der Waals surface area contributed by atoms with Crippen LogP contribution in [0.3, 0.4) is 0 Å². The van der Waals surface area contributed by atoms with Crippen LogP contribution in [0.4, 0.5) is 5.69 Å². The van der Waals surface area contributed by atoms with Gasteiger partial charge < -0.3 is 21.6 Å². The van der Waals surface area contributed by atoms with Crippen LogP contribution in [0.1, 0.15) is 29.7 Å². The molecule has 1 amide bonds. The van der Waals surface area contributed by atoms with Gasteiger partial charge in [0.05, 0.1) is 28.4 Å². The number of aromatic hydroxyl groups is 1. The highest BCUT2D eigenvalue weighted by atomic mass is 35.5. The van der Waals surface area contributed by atoms with Gasteiger partial charge in [-0.2, -0.15) is 0 Å². The van der Waals surface area contributed by atoms with Crippen molar-refractivity contribution >= 4 is 39.8 Å². The molecule has 0 saturated carbocycles. The SMILES string of the molecule is CC(C(N)=O)C(N)c1ccc(N=C(c2ccccc2)c2c(O)[nH]c3cc(Cl)ccc23)cc1. The summed E-state index contributed by atoms with van der Waals surface area (Å²) in [5, 5.41) is 12.1. The monoisotopic (exact) mass is 446 g/mol. The molecular weight excluding hydrogens is 424 g/mol. The van der Waals surface area contributed by atoms with Crippen LogP contribution in [0.25, 0.3) is 10.9 Å². The maximum absolute atomic E-state index is 11.5. The smallest absolute Gasteiger partial charge is 0.222 e. The van der Waals surface area contributed by atoms with E-state index in [9.17, 15) is 9.90 Å². The van der Waals surface area contributed by atoms with Crippen molar-refractivity contribution in [2.45, 2.75) is 13.0 Å². The van der Waals surface area contributed by atoms with Crippen molar-refractivity contribution in [3.8, 4) is 5.88 Å². The van der Waals surface area contributed by atoms with Crippen LogP contribution in [-0.4, -0.2) is 21.7 Å². The Kier molecular flexibility index (Phi) is 5.99. The van der Waals surface area contributed by atoms with E-state index in [4.69, 9.17) is 28.1 Å². The van der Waals surface area contributed by atoms with E-state index in [0.29, 0.717) is 22.0 Å². The third-order valence-electron chi connectivity index (χ3n) is 5.53. The van der Waals surface area contributed by atoms with Gasteiger partial charge in [-0.05, 0) is 29.8 Å². The number of carbonyl (C=O) groups is 1. The Hall–Kier alpha value is -3.61. The molecule has 2 unspecified atom stereocenters. The molecule has 0 saturated heterocycles. The molecule has 0 radical (unpaired) electrons. The number of nitrogens with zero attached hydrogens (tertiary/aromatic N) is 1. The van der Waals surface area contributed by atoms with Gasteiger partial charge in [-0.3, -0.25) is 4.79 Å². The van der Waals surface area contributed by atoms with Gasteiger partial charge in [0.1, 0.15) is 0 Å². The fraction of sp³-hybridized carbons (Fsp3) is 0.120. The second kappa shape index (κ2) is 8.86. The lowest BCUT2D eigenvalue weighted by molar-refractivity contribution is -0.121. The van der Waals surface area contributed by atoms with E-state index in [1.807, 2.05) is 60.7 Å². The van der Waals surface area contributed by atoms with Gasteiger partial charge in [0, 0.05) is 22.0 Å². The van der Waals surface area contributed by atoms with Gasteiger partial charge in [-0.25, -0.2) is 4.99 Å². The minimum atomic E-state index is -0.499. The highest BCUT2D eigenvalue weighted by Crippen LogP contribution is 2.33. The van der Waals surface area contributed by atoms with Crippen LogP contribution in [0, 0.1) is 5.92 Å². The molecule has 6 nitrogen and oxygen atoms in total. The fourth-order valence-electron chi connectivity index (χ4n) is 3.62. The number of nitrogens with two attached hydrogens (primary N) is 2. The molecule has 7 heteroatoms. The lowest BCUT2D eigenvalue weighted by atomic mass is 9.95. The van der Waals surface area contributed by atoms with E-state index in [1.165, 1.54) is 0 Å². The number of aliphatic imine (C=N–C) groups is 1. The first kappa shape index (κ1) is 21.6. The van der Waals surface area contributed by atoms with E-state index < -0.39 is 17.9 Å². The van der Waals surface area contributed by atoms with Crippen LogP contribution in [0.15, 0.2) is 77.8 Å². The molecular formula is C25H23ClN4O2. The number of hydrogen-bond donors (Lipinski definition) is 4. The van der Waals surface area contributed by atoms with Gasteiger partial charge in [0.2, 0.25) is 5.91 Å². The predicted octanol–water partition coefficient (Wildman–Crippen LogP) is 4.82. The topological polar surface area (TPSA) is 117 Å². The summed E-state index contributed by atoms with van der Waals surface area (Å²) in [5.74, 6) is -0.918. The van der Waals surface area contributed by atoms with Gasteiger partial charge in [0.15, 0.2) is 5.88 Å². The molecule has 6 N–H and O–H groups in total. The molecule has 0 spiro atoms. The average molecular weight is 447 g/mol. The van der Waals surface area contributed by atoms with Crippen LogP contribution in [-0.2, 0) is 4.79 Å². The van der Waals surface area contributed by atoms with E-state index in [-0.39, 0.29) is 5.88 Å². The van der Waals surface area contributed by atoms with Crippen molar-refractivity contribution in [1.82, 2.24) is 4.98 Å². The molecule has 0 bridgehead atoms. The highest BCUT2D eigenvalue weighted by molar-refractivity contribution is 6.31. The number of halogens is 1. The number of carbonyl (C=O) groups excluding carboxylic acids is 1. The number of fused-ring (bicyclic) bond motifs is 1. The van der Waals surface area contributed by atoms with Crippen molar-refractivity contribution in [1.29, 1.82) is 0 Å². The van der Waals surface area contributed by atoms with Crippen LogP contribution in [0.2, 0.25) is 5.02 Å². The van der Waals surface area contributed by atoms with Crippen LogP contribution in [0.5, 0.6) is 5.88 Å². The van der Waals surface area contributed by atoms with Crippen molar-refractivity contribution in [3.05, 3.63) is 94.5 Å². The number of primary amides is 1. The molecule has 2 atom stereocenters. The number of amides is 1. The Morgan fingerprint density at radius 1 is 1.06 bits per heavy atom. The zero-order valence-corrected chi connectivity index (χ0v) is 18.2. The Morgan fingerprint density at radius 2 is 1.75 bits per heavy atom. The minimum absolute atomic E-state index is 0.0128. The largest absolute Gasteiger partial charge is 0.494 e. The van der Waals surface area contributed by atoms with Gasteiger partial charge in [-0.15, -0.1) is 0 Å². The predicted molar refractivity (Wildman–Crippen MR) is 128 cm³/mol. The lowest BCUT2D eigenvalue weighted by Gasteiger charge is -2.17. The number of aromatic nitrogens is 1. The molecule has 1 aromatic heterocycles. The molecule has 0 fully saturated rings. The number of benzene rings is 3. The Labute approximate surface area is 190 Å². The number of nitrogens with one attached hydrogen (secondary N) is 1. The second-order valence-electron chi connectivity index (χ2n) is 7.67. The summed E-state index contributed by atoms with van der Waals surface area (Å²) in [7, 11) is 0. The first-order chi connectivity index (χ1) is 15.3. The van der Waals surface area contributed by atoms with E-state index in [1.54, 1.807) is 19.1 Å². The van der Waals surface area contributed by atoms with Gasteiger partial charge in [-0.1, -0.05) is 67.1 Å². The molecule has 0 aliphatic heterocycles. The molecule has 0 aliphatic rings. The Bertz CT molecular complexity index is 1300. The molecule has 4 rings (SSSR count). The molecule has 162 valence electrons. The summed E-state index contributed by atoms with van der Waals surface area (Å²) in [4.78, 5) is 19.3. The van der Waals surface area contributed by atoms with Gasteiger partial charge in [0.25, 0.3) is 0 Å². The van der Waals surface area contributed by atoms with Crippen molar-refractivity contribution in [2.24, 2.45) is 22.4 Å². The maximum Gasteiger partial charge on any atom is 0.222 e. The minimum Gasteiger partial charge on any atom is -0.494 e. The quantitative estimate of drug-likeness (QED) is 0.318. The zero-order chi connectivity index (χ0) is 22.8. The van der Waals surface area contributed by atoms with Crippen molar-refractivity contribution < 1.29 is 9.90 Å². The Balaban J connectivity index is 1.81. The molecule has 4 aromatic rings. The summed E-state index contributed by atoms with van der Waals surface area (Å²) in [6.45, 7) is 1.71. The maximum atomic E-state index is 11.5. The zero-order valence-electron chi connectivity index (χ0n) is 17.4. The first-order valence-corrected chi connectivity index (χ1v) is 10.5. The Morgan fingerprint density at radius 3 is 2.41 bits per heavy atom. The average Bonchev–Trinajstić information content (AvgIpc) is 3.11. The summed E-state index contributed by atoms with van der Waals surface area (Å²) in [5.41, 5.74) is 15.8. The van der Waals surface area contributed by atoms with E-state index >= 15 is 0 Å². The molecule has 0 aliphatic carbocycles. The third kappa shape index (κ3) is 4.23. The lowest BCUT2D eigenvalue weighted by Crippen LogP contribution is -2.30. The van der Waals surface area contributed by atoms with Gasteiger partial charge >= 0.3 is 0 Å². The molecule has 1 heterocycles. The van der Waals surface area contributed by atoms with Crippen LogP contribution >= 0.6 is 11.6 Å². The van der Waals surface area contributed by atoms with Crippen LogP contribution < -0.4 is 11.5 Å². The number of rotatable bonds is 6. The summed E-state index contributed by atoms with van der Waals surface area (Å²) in [6.07, 6.45) is 0.